The Labute approximate surface area is 116 Å². The molecule has 2 atom stereocenters. The first kappa shape index (κ1) is 16.1. The predicted molar refractivity (Wildman–Crippen MR) is 75.6 cm³/mol. The molecule has 1 rings (SSSR count). The fraction of sp³-hybridized carbons (Fsp3) is 0.700. The Hall–Kier alpha value is -0.930. The molecule has 0 aromatic carbocycles. The van der Waals surface area contributed by atoms with Gasteiger partial charge in [0.05, 0.1) is 0 Å². The standard InChI is InChI=1S/C10H20N4O3S2/c1-4-5-14-6-9(10(11)12-14)19(16,17)13-8(2)7-18(3)15/h6,8,13H,4-5,7H2,1-3H3,(H2,11,12). The lowest BCUT2D eigenvalue weighted by atomic mass is 10.4. The number of nitrogens with zero attached hydrogens (tertiary/aromatic N) is 2. The van der Waals surface area contributed by atoms with E-state index >= 15 is 0 Å². The summed E-state index contributed by atoms with van der Waals surface area (Å²) >= 11 is 0. The molecule has 0 fully saturated rings. The summed E-state index contributed by atoms with van der Waals surface area (Å²) < 4.78 is 39.3. The molecule has 0 bridgehead atoms. The molecule has 1 aromatic rings. The highest BCUT2D eigenvalue weighted by atomic mass is 32.2. The third-order valence-electron chi connectivity index (χ3n) is 2.34. The lowest BCUT2D eigenvalue weighted by Gasteiger charge is -2.11. The van der Waals surface area contributed by atoms with Crippen LogP contribution in [0, 0.1) is 0 Å². The number of rotatable bonds is 7. The molecule has 0 spiro atoms. The first-order valence-corrected chi connectivity index (χ1v) is 9.12. The average Bonchev–Trinajstić information content (AvgIpc) is 2.58. The summed E-state index contributed by atoms with van der Waals surface area (Å²) in [6.45, 7) is 4.22. The average molecular weight is 308 g/mol. The zero-order valence-corrected chi connectivity index (χ0v) is 12.9. The van der Waals surface area contributed by atoms with E-state index in [0.717, 1.165) is 6.42 Å². The highest BCUT2D eigenvalue weighted by Crippen LogP contribution is 2.16. The fourth-order valence-electron chi connectivity index (χ4n) is 1.68. The first-order valence-electron chi connectivity index (χ1n) is 5.91. The Balaban J connectivity index is 2.90. The number of aryl methyl sites for hydroxylation is 1. The van der Waals surface area contributed by atoms with Crippen molar-refractivity contribution in [3.05, 3.63) is 6.20 Å². The van der Waals surface area contributed by atoms with Crippen LogP contribution in [0.4, 0.5) is 5.82 Å². The topological polar surface area (TPSA) is 107 Å². The Kier molecular flexibility index (Phi) is 5.50. The highest BCUT2D eigenvalue weighted by Gasteiger charge is 2.23. The maximum absolute atomic E-state index is 12.1. The molecule has 7 nitrogen and oxygen atoms in total. The van der Waals surface area contributed by atoms with Gasteiger partial charge in [-0.3, -0.25) is 8.89 Å². The molecule has 3 N–H and O–H groups in total. The van der Waals surface area contributed by atoms with Crippen LogP contribution < -0.4 is 10.5 Å². The number of nitrogen functional groups attached to an aromatic ring is 1. The zero-order chi connectivity index (χ0) is 14.6. The number of hydrogen-bond acceptors (Lipinski definition) is 5. The number of hydrogen-bond donors (Lipinski definition) is 2. The third-order valence-corrected chi connectivity index (χ3v) is 4.91. The van der Waals surface area contributed by atoms with Crippen LogP contribution in [0.1, 0.15) is 20.3 Å². The minimum atomic E-state index is -3.73. The van der Waals surface area contributed by atoms with Crippen LogP contribution in [0.15, 0.2) is 11.1 Å². The van der Waals surface area contributed by atoms with Crippen LogP contribution in [0.5, 0.6) is 0 Å². The van der Waals surface area contributed by atoms with E-state index in [1.54, 1.807) is 6.92 Å². The fourth-order valence-corrected chi connectivity index (χ4v) is 3.89. The molecule has 0 aliphatic rings. The minimum absolute atomic E-state index is 0.0224. The van der Waals surface area contributed by atoms with Gasteiger partial charge in [-0.25, -0.2) is 13.1 Å². The molecule has 0 saturated carbocycles. The van der Waals surface area contributed by atoms with Crippen molar-refractivity contribution >= 4 is 26.6 Å². The normalized spacial score (nSPS) is 15.3. The molecule has 0 saturated heterocycles. The molecular formula is C10H20N4O3S2. The van der Waals surface area contributed by atoms with E-state index < -0.39 is 26.9 Å². The summed E-state index contributed by atoms with van der Waals surface area (Å²) in [5.74, 6) is 0.230. The lowest BCUT2D eigenvalue weighted by molar-refractivity contribution is 0.569. The summed E-state index contributed by atoms with van der Waals surface area (Å²) in [5, 5.41) is 3.95. The minimum Gasteiger partial charge on any atom is -0.381 e. The van der Waals surface area contributed by atoms with Crippen LogP contribution in [0.25, 0.3) is 0 Å². The Bertz CT molecular complexity index is 553. The van der Waals surface area contributed by atoms with E-state index in [4.69, 9.17) is 5.73 Å². The van der Waals surface area contributed by atoms with Gasteiger partial charge in [-0.05, 0) is 13.3 Å². The van der Waals surface area contributed by atoms with E-state index in [9.17, 15) is 12.6 Å². The zero-order valence-electron chi connectivity index (χ0n) is 11.3. The van der Waals surface area contributed by atoms with E-state index in [0.29, 0.717) is 6.54 Å². The maximum Gasteiger partial charge on any atom is 0.246 e. The van der Waals surface area contributed by atoms with Crippen molar-refractivity contribution in [2.24, 2.45) is 0 Å². The van der Waals surface area contributed by atoms with Crippen molar-refractivity contribution in [2.75, 3.05) is 17.7 Å². The van der Waals surface area contributed by atoms with Gasteiger partial charge in [0.2, 0.25) is 10.0 Å². The van der Waals surface area contributed by atoms with Crippen LogP contribution in [0.2, 0.25) is 0 Å². The van der Waals surface area contributed by atoms with Crippen LogP contribution in [-0.2, 0) is 27.4 Å². The van der Waals surface area contributed by atoms with Gasteiger partial charge >= 0.3 is 0 Å². The van der Waals surface area contributed by atoms with Gasteiger partial charge in [0.1, 0.15) is 4.90 Å². The molecule has 2 unspecified atom stereocenters. The number of sulfonamides is 1. The smallest absolute Gasteiger partial charge is 0.246 e. The Morgan fingerprint density at radius 3 is 2.74 bits per heavy atom. The van der Waals surface area contributed by atoms with E-state index in [2.05, 4.69) is 9.82 Å². The van der Waals surface area contributed by atoms with E-state index in [1.807, 2.05) is 6.92 Å². The number of nitrogens with one attached hydrogen (secondary N) is 1. The molecule has 0 aliphatic heterocycles. The van der Waals surface area contributed by atoms with Crippen molar-refractivity contribution in [3.63, 3.8) is 0 Å². The second-order valence-corrected chi connectivity index (χ2v) is 7.57. The third kappa shape index (κ3) is 4.59. The Morgan fingerprint density at radius 2 is 2.21 bits per heavy atom. The van der Waals surface area contributed by atoms with Gasteiger partial charge < -0.3 is 5.73 Å². The summed E-state index contributed by atoms with van der Waals surface area (Å²) in [4.78, 5) is -0.0327. The molecule has 110 valence electrons. The van der Waals surface area contributed by atoms with Crippen molar-refractivity contribution < 1.29 is 12.6 Å². The van der Waals surface area contributed by atoms with Gasteiger partial charge in [0.25, 0.3) is 0 Å². The van der Waals surface area contributed by atoms with Gasteiger partial charge in [0.15, 0.2) is 5.82 Å². The second kappa shape index (κ2) is 6.49. The van der Waals surface area contributed by atoms with Gasteiger partial charge in [0, 0.05) is 41.6 Å². The summed E-state index contributed by atoms with van der Waals surface area (Å²) in [7, 11) is -4.80. The second-order valence-electron chi connectivity index (χ2n) is 4.40. The summed E-state index contributed by atoms with van der Waals surface area (Å²) in [5.41, 5.74) is 5.62. The lowest BCUT2D eigenvalue weighted by Crippen LogP contribution is -2.36. The van der Waals surface area contributed by atoms with Gasteiger partial charge in [-0.15, -0.1) is 0 Å². The largest absolute Gasteiger partial charge is 0.381 e. The summed E-state index contributed by atoms with van der Waals surface area (Å²) in [6, 6.07) is -0.426. The molecule has 0 aliphatic carbocycles. The molecule has 9 heteroatoms. The van der Waals surface area contributed by atoms with E-state index in [1.165, 1.54) is 17.1 Å². The monoisotopic (exact) mass is 308 g/mol. The van der Waals surface area contributed by atoms with Crippen LogP contribution in [0.3, 0.4) is 0 Å². The number of nitrogens with two attached hydrogens (primary N) is 1. The molecule has 0 amide bonds. The maximum atomic E-state index is 12.1. The molecule has 19 heavy (non-hydrogen) atoms. The van der Waals surface area contributed by atoms with Crippen molar-refractivity contribution in [1.29, 1.82) is 0 Å². The van der Waals surface area contributed by atoms with Gasteiger partial charge in [-0.2, -0.15) is 5.10 Å². The Morgan fingerprint density at radius 1 is 1.58 bits per heavy atom. The molecular weight excluding hydrogens is 288 g/mol. The highest BCUT2D eigenvalue weighted by molar-refractivity contribution is 7.89. The van der Waals surface area contributed by atoms with Crippen LogP contribution >= 0.6 is 0 Å². The van der Waals surface area contributed by atoms with Crippen molar-refractivity contribution in [1.82, 2.24) is 14.5 Å². The van der Waals surface area contributed by atoms with Crippen molar-refractivity contribution in [2.45, 2.75) is 37.8 Å². The van der Waals surface area contributed by atoms with E-state index in [-0.39, 0.29) is 16.5 Å². The van der Waals surface area contributed by atoms with Crippen molar-refractivity contribution in [3.8, 4) is 0 Å². The SMILES string of the molecule is CCCn1cc(S(=O)(=O)NC(C)CS(C)=O)c(N)n1. The molecule has 0 radical (unpaired) electrons. The number of anilines is 1. The molecule has 1 aromatic heterocycles. The quantitative estimate of drug-likeness (QED) is 0.732. The predicted octanol–water partition coefficient (Wildman–Crippen LogP) is -0.0794. The first-order chi connectivity index (χ1) is 8.76. The number of aromatic nitrogens is 2. The summed E-state index contributed by atoms with van der Waals surface area (Å²) in [6.07, 6.45) is 3.77. The molecule has 1 heterocycles. The van der Waals surface area contributed by atoms with Gasteiger partial charge in [-0.1, -0.05) is 6.92 Å². The van der Waals surface area contributed by atoms with Crippen LogP contribution in [-0.4, -0.2) is 40.5 Å².